The molecular weight excluding hydrogens is 262 g/mol. The Hall–Kier alpha value is -1.81. The van der Waals surface area contributed by atoms with Gasteiger partial charge >= 0.3 is 0 Å². The zero-order chi connectivity index (χ0) is 14.0. The smallest absolute Gasteiger partial charge is 0.223 e. The van der Waals surface area contributed by atoms with Crippen LogP contribution in [0.25, 0.3) is 11.3 Å². The molecule has 100 valence electrons. The predicted octanol–water partition coefficient (Wildman–Crippen LogP) is 3.81. The molecule has 1 aromatic carbocycles. The molecule has 2 N–H and O–H groups in total. The SMILES string of the molecule is CC(=O)Nc1nc(-c2ccccc2Cl)c(C(C)C)[nH]1. The van der Waals surface area contributed by atoms with Crippen LogP contribution in [0.15, 0.2) is 24.3 Å². The van der Waals surface area contributed by atoms with E-state index in [0.717, 1.165) is 17.0 Å². The van der Waals surface area contributed by atoms with Gasteiger partial charge < -0.3 is 4.98 Å². The van der Waals surface area contributed by atoms with Crippen LogP contribution in [-0.4, -0.2) is 15.9 Å². The number of hydrogen-bond acceptors (Lipinski definition) is 2. The molecule has 0 aliphatic rings. The van der Waals surface area contributed by atoms with Crippen LogP contribution in [0, 0.1) is 0 Å². The topological polar surface area (TPSA) is 57.8 Å². The van der Waals surface area contributed by atoms with Gasteiger partial charge in [-0.05, 0) is 12.0 Å². The van der Waals surface area contributed by atoms with Crippen molar-refractivity contribution in [3.63, 3.8) is 0 Å². The van der Waals surface area contributed by atoms with Crippen molar-refractivity contribution in [1.29, 1.82) is 0 Å². The Bertz CT molecular complexity index is 604. The highest BCUT2D eigenvalue weighted by Gasteiger charge is 2.17. The Balaban J connectivity index is 2.52. The monoisotopic (exact) mass is 277 g/mol. The van der Waals surface area contributed by atoms with Crippen LogP contribution in [0.2, 0.25) is 5.02 Å². The number of carbonyl (C=O) groups excluding carboxylic acids is 1. The van der Waals surface area contributed by atoms with Gasteiger partial charge in [-0.2, -0.15) is 0 Å². The Kier molecular flexibility index (Phi) is 3.90. The second-order valence-electron chi connectivity index (χ2n) is 4.66. The maximum absolute atomic E-state index is 11.1. The molecule has 2 rings (SSSR count). The van der Waals surface area contributed by atoms with Crippen LogP contribution in [0.1, 0.15) is 32.4 Å². The van der Waals surface area contributed by atoms with Crippen LogP contribution < -0.4 is 5.32 Å². The highest BCUT2D eigenvalue weighted by atomic mass is 35.5. The molecule has 0 aliphatic heterocycles. The van der Waals surface area contributed by atoms with Gasteiger partial charge in [-0.1, -0.05) is 43.6 Å². The molecule has 0 unspecified atom stereocenters. The summed E-state index contributed by atoms with van der Waals surface area (Å²) in [5, 5.41) is 3.30. The summed E-state index contributed by atoms with van der Waals surface area (Å²) in [5.41, 5.74) is 2.60. The van der Waals surface area contributed by atoms with E-state index in [2.05, 4.69) is 29.1 Å². The molecule has 1 amide bonds. The number of nitrogens with zero attached hydrogens (tertiary/aromatic N) is 1. The molecule has 4 nitrogen and oxygen atoms in total. The first-order chi connectivity index (χ1) is 8.99. The van der Waals surface area contributed by atoms with Crippen molar-refractivity contribution < 1.29 is 4.79 Å². The van der Waals surface area contributed by atoms with Gasteiger partial charge in [-0.25, -0.2) is 4.98 Å². The summed E-state index contributed by atoms with van der Waals surface area (Å²) in [7, 11) is 0. The maximum atomic E-state index is 11.1. The van der Waals surface area contributed by atoms with E-state index < -0.39 is 0 Å². The van der Waals surface area contributed by atoms with Gasteiger partial charge in [0.05, 0.1) is 10.7 Å². The van der Waals surface area contributed by atoms with Crippen LogP contribution in [0.5, 0.6) is 0 Å². The number of benzene rings is 1. The van der Waals surface area contributed by atoms with Crippen molar-refractivity contribution in [3.05, 3.63) is 35.0 Å². The summed E-state index contributed by atoms with van der Waals surface area (Å²) in [5.74, 6) is 0.544. The number of rotatable bonds is 3. The summed E-state index contributed by atoms with van der Waals surface area (Å²) in [4.78, 5) is 18.7. The summed E-state index contributed by atoms with van der Waals surface area (Å²) >= 11 is 6.21. The molecule has 0 bridgehead atoms. The first-order valence-corrected chi connectivity index (χ1v) is 6.49. The third kappa shape index (κ3) is 2.96. The largest absolute Gasteiger partial charge is 0.327 e. The fourth-order valence-electron chi connectivity index (χ4n) is 1.89. The number of anilines is 1. The van der Waals surface area contributed by atoms with Crippen molar-refractivity contribution in [3.8, 4) is 11.3 Å². The fourth-order valence-corrected chi connectivity index (χ4v) is 2.11. The van der Waals surface area contributed by atoms with E-state index in [1.54, 1.807) is 0 Å². The average Bonchev–Trinajstić information content (AvgIpc) is 2.72. The third-order valence-electron chi connectivity index (χ3n) is 2.73. The summed E-state index contributed by atoms with van der Waals surface area (Å²) < 4.78 is 0. The minimum atomic E-state index is -0.158. The molecule has 19 heavy (non-hydrogen) atoms. The Morgan fingerprint density at radius 2 is 2.05 bits per heavy atom. The molecular formula is C14H16ClN3O. The van der Waals surface area contributed by atoms with Gasteiger partial charge in [-0.15, -0.1) is 0 Å². The zero-order valence-corrected chi connectivity index (χ0v) is 11.9. The first kappa shape index (κ1) is 13.6. The number of aromatic amines is 1. The van der Waals surface area contributed by atoms with Gasteiger partial charge in [0.1, 0.15) is 0 Å². The molecule has 1 heterocycles. The van der Waals surface area contributed by atoms with Gasteiger partial charge in [0, 0.05) is 18.2 Å². The van der Waals surface area contributed by atoms with Crippen molar-refractivity contribution >= 4 is 23.5 Å². The molecule has 0 atom stereocenters. The first-order valence-electron chi connectivity index (χ1n) is 6.11. The van der Waals surface area contributed by atoms with Gasteiger partial charge in [0.2, 0.25) is 11.9 Å². The van der Waals surface area contributed by atoms with Gasteiger partial charge in [0.15, 0.2) is 0 Å². The molecule has 0 fully saturated rings. The number of imidazole rings is 1. The van der Waals surface area contributed by atoms with E-state index in [9.17, 15) is 4.79 Å². The maximum Gasteiger partial charge on any atom is 0.223 e. The molecule has 0 spiro atoms. The number of halogens is 1. The average molecular weight is 278 g/mol. The van der Waals surface area contributed by atoms with Gasteiger partial charge in [0.25, 0.3) is 0 Å². The minimum Gasteiger partial charge on any atom is -0.327 e. The number of aromatic nitrogens is 2. The lowest BCUT2D eigenvalue weighted by Gasteiger charge is -2.06. The van der Waals surface area contributed by atoms with Crippen LogP contribution >= 0.6 is 11.6 Å². The van der Waals surface area contributed by atoms with Crippen molar-refractivity contribution in [2.75, 3.05) is 5.32 Å². The summed E-state index contributed by atoms with van der Waals surface area (Å²) in [6.07, 6.45) is 0. The highest BCUT2D eigenvalue weighted by molar-refractivity contribution is 6.33. The van der Waals surface area contributed by atoms with E-state index in [1.165, 1.54) is 6.92 Å². The van der Waals surface area contributed by atoms with E-state index in [1.807, 2.05) is 24.3 Å². The standard InChI is InChI=1S/C14H16ClN3O/c1-8(2)12-13(10-6-4-5-7-11(10)15)18-14(17-12)16-9(3)19/h4-8H,1-3H3,(H2,16,17,18,19). The lowest BCUT2D eigenvalue weighted by atomic mass is 10.0. The lowest BCUT2D eigenvalue weighted by Crippen LogP contribution is -2.07. The highest BCUT2D eigenvalue weighted by Crippen LogP contribution is 2.33. The Morgan fingerprint density at radius 3 is 2.63 bits per heavy atom. The summed E-state index contributed by atoms with van der Waals surface area (Å²) in [6, 6.07) is 7.54. The van der Waals surface area contributed by atoms with Crippen LogP contribution in [0.3, 0.4) is 0 Å². The molecule has 0 saturated heterocycles. The molecule has 5 heteroatoms. The third-order valence-corrected chi connectivity index (χ3v) is 3.06. The van der Waals surface area contributed by atoms with Crippen LogP contribution in [-0.2, 0) is 4.79 Å². The quantitative estimate of drug-likeness (QED) is 0.896. The number of hydrogen-bond donors (Lipinski definition) is 2. The van der Waals surface area contributed by atoms with Gasteiger partial charge in [-0.3, -0.25) is 10.1 Å². The number of H-pyrrole nitrogens is 1. The molecule has 1 aromatic heterocycles. The van der Waals surface area contributed by atoms with E-state index in [4.69, 9.17) is 11.6 Å². The van der Waals surface area contributed by atoms with E-state index in [-0.39, 0.29) is 11.8 Å². The number of amides is 1. The number of carbonyl (C=O) groups is 1. The Morgan fingerprint density at radius 1 is 1.37 bits per heavy atom. The second kappa shape index (κ2) is 5.45. The zero-order valence-electron chi connectivity index (χ0n) is 11.1. The molecule has 0 aliphatic carbocycles. The normalized spacial score (nSPS) is 10.8. The van der Waals surface area contributed by atoms with Crippen LogP contribution in [0.4, 0.5) is 5.95 Å². The van der Waals surface area contributed by atoms with Crippen molar-refractivity contribution in [2.45, 2.75) is 26.7 Å². The predicted molar refractivity (Wildman–Crippen MR) is 77.4 cm³/mol. The van der Waals surface area contributed by atoms with E-state index in [0.29, 0.717) is 11.0 Å². The van der Waals surface area contributed by atoms with Crippen molar-refractivity contribution in [2.24, 2.45) is 0 Å². The Labute approximate surface area is 117 Å². The van der Waals surface area contributed by atoms with Crippen molar-refractivity contribution in [1.82, 2.24) is 9.97 Å². The molecule has 0 saturated carbocycles. The number of nitrogens with one attached hydrogen (secondary N) is 2. The lowest BCUT2D eigenvalue weighted by molar-refractivity contribution is -0.114. The minimum absolute atomic E-state index is 0.158. The molecule has 2 aromatic rings. The van der Waals surface area contributed by atoms with E-state index >= 15 is 0 Å². The fraction of sp³-hybridized carbons (Fsp3) is 0.286. The molecule has 0 radical (unpaired) electrons. The summed E-state index contributed by atoms with van der Waals surface area (Å²) in [6.45, 7) is 5.57. The second-order valence-corrected chi connectivity index (χ2v) is 5.07.